The van der Waals surface area contributed by atoms with E-state index in [0.717, 1.165) is 12.8 Å². The fraction of sp³-hybridized carbons (Fsp3) is 0.700. The SMILES string of the molecule is FC(F)(F)CCCn1ccnc1NC1CC1. The quantitative estimate of drug-likeness (QED) is 0.847. The van der Waals surface area contributed by atoms with Crippen LogP contribution in [0.5, 0.6) is 0 Å². The van der Waals surface area contributed by atoms with Crippen molar-refractivity contribution in [3.8, 4) is 0 Å². The zero-order valence-corrected chi connectivity index (χ0v) is 8.80. The Labute approximate surface area is 91.7 Å². The Kier molecular flexibility index (Phi) is 3.07. The zero-order chi connectivity index (χ0) is 11.6. The minimum absolute atomic E-state index is 0.0964. The van der Waals surface area contributed by atoms with Crippen LogP contribution in [0.2, 0.25) is 0 Å². The van der Waals surface area contributed by atoms with Crippen LogP contribution in [0, 0.1) is 0 Å². The van der Waals surface area contributed by atoms with Crippen LogP contribution in [0.25, 0.3) is 0 Å². The lowest BCUT2D eigenvalue weighted by molar-refractivity contribution is -0.135. The maximum atomic E-state index is 12.0. The Hall–Kier alpha value is -1.20. The number of hydrogen-bond acceptors (Lipinski definition) is 2. The number of rotatable bonds is 5. The van der Waals surface area contributed by atoms with Gasteiger partial charge in [-0.1, -0.05) is 0 Å². The molecule has 0 saturated heterocycles. The van der Waals surface area contributed by atoms with Gasteiger partial charge in [-0.3, -0.25) is 0 Å². The van der Waals surface area contributed by atoms with Gasteiger partial charge in [-0.15, -0.1) is 0 Å². The summed E-state index contributed by atoms with van der Waals surface area (Å²) >= 11 is 0. The van der Waals surface area contributed by atoms with Gasteiger partial charge in [0.2, 0.25) is 5.95 Å². The molecule has 1 saturated carbocycles. The predicted molar refractivity (Wildman–Crippen MR) is 54.2 cm³/mol. The molecule has 1 aliphatic rings. The normalized spacial score (nSPS) is 16.4. The van der Waals surface area contributed by atoms with E-state index in [0.29, 0.717) is 18.5 Å². The van der Waals surface area contributed by atoms with Crippen molar-refractivity contribution < 1.29 is 13.2 Å². The van der Waals surface area contributed by atoms with Crippen molar-refractivity contribution in [1.29, 1.82) is 0 Å². The molecule has 0 bridgehead atoms. The first-order chi connectivity index (χ1) is 7.54. The van der Waals surface area contributed by atoms with Crippen molar-refractivity contribution >= 4 is 5.95 Å². The van der Waals surface area contributed by atoms with E-state index in [2.05, 4.69) is 10.3 Å². The van der Waals surface area contributed by atoms with Gasteiger partial charge in [0.15, 0.2) is 0 Å². The third-order valence-corrected chi connectivity index (χ3v) is 2.49. The maximum absolute atomic E-state index is 12.0. The molecule has 0 aliphatic heterocycles. The largest absolute Gasteiger partial charge is 0.389 e. The van der Waals surface area contributed by atoms with Gasteiger partial charge in [0.1, 0.15) is 0 Å². The first-order valence-electron chi connectivity index (χ1n) is 5.39. The first-order valence-corrected chi connectivity index (χ1v) is 5.39. The lowest BCUT2D eigenvalue weighted by Crippen LogP contribution is -2.12. The Balaban J connectivity index is 1.81. The molecule has 6 heteroatoms. The minimum Gasteiger partial charge on any atom is -0.353 e. The summed E-state index contributed by atoms with van der Waals surface area (Å²) in [5, 5.41) is 3.18. The molecule has 2 rings (SSSR count). The molecule has 1 fully saturated rings. The van der Waals surface area contributed by atoms with Crippen molar-refractivity contribution in [3.63, 3.8) is 0 Å². The summed E-state index contributed by atoms with van der Waals surface area (Å²) in [6.45, 7) is 0.356. The molecule has 0 unspecified atom stereocenters. The molecule has 16 heavy (non-hydrogen) atoms. The van der Waals surface area contributed by atoms with E-state index in [9.17, 15) is 13.2 Å². The Bertz CT molecular complexity index is 341. The van der Waals surface area contributed by atoms with Crippen molar-refractivity contribution in [1.82, 2.24) is 9.55 Å². The van der Waals surface area contributed by atoms with Crippen LogP contribution in [0.15, 0.2) is 12.4 Å². The van der Waals surface area contributed by atoms with E-state index in [-0.39, 0.29) is 6.42 Å². The van der Waals surface area contributed by atoms with Gasteiger partial charge in [-0.05, 0) is 19.3 Å². The van der Waals surface area contributed by atoms with E-state index in [4.69, 9.17) is 0 Å². The third kappa shape index (κ3) is 3.43. The van der Waals surface area contributed by atoms with Crippen LogP contribution >= 0.6 is 0 Å². The molecule has 1 aromatic heterocycles. The molecule has 1 aromatic rings. The highest BCUT2D eigenvalue weighted by Crippen LogP contribution is 2.25. The fourth-order valence-corrected chi connectivity index (χ4v) is 1.49. The van der Waals surface area contributed by atoms with E-state index in [1.807, 2.05) is 0 Å². The highest BCUT2D eigenvalue weighted by atomic mass is 19.4. The Morgan fingerprint density at radius 2 is 2.19 bits per heavy atom. The fourth-order valence-electron chi connectivity index (χ4n) is 1.49. The summed E-state index contributed by atoms with van der Waals surface area (Å²) in [7, 11) is 0. The second-order valence-corrected chi connectivity index (χ2v) is 4.08. The number of imidazole rings is 1. The molecule has 0 radical (unpaired) electrons. The summed E-state index contributed by atoms with van der Waals surface area (Å²) < 4.78 is 37.6. The third-order valence-electron chi connectivity index (χ3n) is 2.49. The Morgan fingerprint density at radius 3 is 2.81 bits per heavy atom. The summed E-state index contributed by atoms with van der Waals surface area (Å²) in [6, 6.07) is 0.462. The molecule has 0 atom stereocenters. The molecule has 1 N–H and O–H groups in total. The monoisotopic (exact) mass is 233 g/mol. The van der Waals surface area contributed by atoms with Gasteiger partial charge in [-0.2, -0.15) is 13.2 Å². The highest BCUT2D eigenvalue weighted by molar-refractivity contribution is 5.29. The maximum Gasteiger partial charge on any atom is 0.389 e. The molecular formula is C10H14F3N3. The van der Waals surface area contributed by atoms with E-state index < -0.39 is 12.6 Å². The number of aromatic nitrogens is 2. The van der Waals surface area contributed by atoms with Crippen LogP contribution in [-0.4, -0.2) is 21.8 Å². The molecule has 1 aliphatic carbocycles. The van der Waals surface area contributed by atoms with Crippen molar-refractivity contribution in [3.05, 3.63) is 12.4 Å². The second kappa shape index (κ2) is 4.35. The molecule has 0 aromatic carbocycles. The van der Waals surface area contributed by atoms with E-state index >= 15 is 0 Å². The van der Waals surface area contributed by atoms with Crippen molar-refractivity contribution in [2.45, 2.75) is 44.4 Å². The van der Waals surface area contributed by atoms with Gasteiger partial charge in [0.25, 0.3) is 0 Å². The zero-order valence-electron chi connectivity index (χ0n) is 8.80. The molecular weight excluding hydrogens is 219 g/mol. The average molecular weight is 233 g/mol. The smallest absolute Gasteiger partial charge is 0.353 e. The molecule has 90 valence electrons. The van der Waals surface area contributed by atoms with Gasteiger partial charge < -0.3 is 9.88 Å². The van der Waals surface area contributed by atoms with Gasteiger partial charge >= 0.3 is 6.18 Å². The van der Waals surface area contributed by atoms with Crippen LogP contribution in [0.1, 0.15) is 25.7 Å². The van der Waals surface area contributed by atoms with Crippen molar-refractivity contribution in [2.75, 3.05) is 5.32 Å². The minimum atomic E-state index is -4.06. The standard InChI is InChI=1S/C10H14F3N3/c11-10(12,13)4-1-6-16-7-5-14-9(16)15-8-2-3-8/h5,7-8H,1-4,6H2,(H,14,15). The van der Waals surface area contributed by atoms with Gasteiger partial charge in [0, 0.05) is 31.4 Å². The number of hydrogen-bond donors (Lipinski definition) is 1. The number of halogens is 3. The number of alkyl halides is 3. The topological polar surface area (TPSA) is 29.9 Å². The summed E-state index contributed by atoms with van der Waals surface area (Å²) in [6.07, 6.45) is 0.849. The van der Waals surface area contributed by atoms with Gasteiger partial charge in [-0.25, -0.2) is 4.98 Å². The first kappa shape index (κ1) is 11.3. The second-order valence-electron chi connectivity index (χ2n) is 4.08. The molecule has 3 nitrogen and oxygen atoms in total. The lowest BCUT2D eigenvalue weighted by atomic mass is 10.3. The molecule has 0 spiro atoms. The summed E-state index contributed by atoms with van der Waals surface area (Å²) in [5.74, 6) is 0.685. The Morgan fingerprint density at radius 1 is 1.44 bits per heavy atom. The number of nitrogens with zero attached hydrogens (tertiary/aromatic N) is 2. The molecule has 1 heterocycles. The van der Waals surface area contributed by atoms with Gasteiger partial charge in [0.05, 0.1) is 0 Å². The van der Waals surface area contributed by atoms with Crippen molar-refractivity contribution in [2.24, 2.45) is 0 Å². The highest BCUT2D eigenvalue weighted by Gasteiger charge is 2.26. The number of nitrogens with one attached hydrogen (secondary N) is 1. The number of anilines is 1. The van der Waals surface area contributed by atoms with Crippen LogP contribution in [0.4, 0.5) is 19.1 Å². The predicted octanol–water partition coefficient (Wildman–Crippen LogP) is 2.80. The summed E-state index contributed by atoms with van der Waals surface area (Å²) in [4.78, 5) is 4.08. The van der Waals surface area contributed by atoms with Crippen LogP contribution in [0.3, 0.4) is 0 Å². The van der Waals surface area contributed by atoms with E-state index in [1.165, 1.54) is 0 Å². The number of aryl methyl sites for hydroxylation is 1. The molecule has 0 amide bonds. The average Bonchev–Trinajstić information content (AvgIpc) is 2.86. The van der Waals surface area contributed by atoms with Crippen LogP contribution in [-0.2, 0) is 6.54 Å². The van der Waals surface area contributed by atoms with Crippen LogP contribution < -0.4 is 5.32 Å². The lowest BCUT2D eigenvalue weighted by Gasteiger charge is -2.10. The van der Waals surface area contributed by atoms with E-state index in [1.54, 1.807) is 17.0 Å². The summed E-state index contributed by atoms with van der Waals surface area (Å²) in [5.41, 5.74) is 0.